The maximum absolute atomic E-state index is 13.5. The molecule has 0 bridgehead atoms. The second-order valence-electron chi connectivity index (χ2n) is 12.5. The first kappa shape index (κ1) is 44.6. The van der Waals surface area contributed by atoms with Crippen molar-refractivity contribution in [2.45, 2.75) is 76.9 Å². The molecule has 1 aromatic rings. The summed E-state index contributed by atoms with van der Waals surface area (Å²) >= 11 is 1.53. The maximum Gasteiger partial charge on any atom is 0.333 e. The number of carbonyl (C=O) groups excluding carboxylic acids is 8. The Morgan fingerprint density at radius 2 is 1.42 bits per heavy atom. The van der Waals surface area contributed by atoms with Gasteiger partial charge in [-0.25, -0.2) is 4.79 Å². The van der Waals surface area contributed by atoms with Gasteiger partial charge >= 0.3 is 5.97 Å². The molecule has 1 heterocycles. The maximum atomic E-state index is 13.5. The number of ether oxygens (including phenoxy) is 2. The van der Waals surface area contributed by atoms with E-state index in [0.29, 0.717) is 30.1 Å². The molecular formula is C35H52N6O11S. The largest absolute Gasteiger partial charge is 0.377 e. The SMILES string of the molecule is CSCC[C@H](NC=O)C(=O)N[C@@H](CC(C)C)C(=O)N[C@@H](Cc1ccccc1)C(=O)NCCOCCOCCNC(=O)CCC(=O)ON1C(=O)CCC1=O. The fourth-order valence-corrected chi connectivity index (χ4v) is 5.45. The summed E-state index contributed by atoms with van der Waals surface area (Å²) in [6.07, 6.45) is 2.75. The van der Waals surface area contributed by atoms with Gasteiger partial charge in [0.2, 0.25) is 30.0 Å². The van der Waals surface area contributed by atoms with Crippen molar-refractivity contribution in [3.63, 3.8) is 0 Å². The summed E-state index contributed by atoms with van der Waals surface area (Å²) in [5.74, 6) is -3.22. The molecule has 294 valence electrons. The van der Waals surface area contributed by atoms with Crippen LogP contribution in [0.4, 0.5) is 0 Å². The summed E-state index contributed by atoms with van der Waals surface area (Å²) in [4.78, 5) is 102. The Bertz CT molecular complexity index is 1350. The zero-order chi connectivity index (χ0) is 39.0. The van der Waals surface area contributed by atoms with E-state index in [-0.39, 0.29) is 77.5 Å². The number of thioether (sulfide) groups is 1. The van der Waals surface area contributed by atoms with Crippen molar-refractivity contribution in [3.05, 3.63) is 35.9 Å². The van der Waals surface area contributed by atoms with Gasteiger partial charge in [-0.15, -0.1) is 5.06 Å². The third-order valence-corrected chi connectivity index (χ3v) is 8.34. The van der Waals surface area contributed by atoms with Gasteiger partial charge in [0.15, 0.2) is 0 Å². The summed E-state index contributed by atoms with van der Waals surface area (Å²) in [7, 11) is 0. The third kappa shape index (κ3) is 18.2. The topological polar surface area (TPSA) is 228 Å². The predicted molar refractivity (Wildman–Crippen MR) is 194 cm³/mol. The number of hydroxylamine groups is 2. The van der Waals surface area contributed by atoms with Crippen molar-refractivity contribution in [1.82, 2.24) is 31.6 Å². The quantitative estimate of drug-likeness (QED) is 0.0445. The molecule has 1 aliphatic heterocycles. The van der Waals surface area contributed by atoms with E-state index < -0.39 is 59.5 Å². The number of nitrogens with zero attached hydrogens (tertiary/aromatic N) is 1. The van der Waals surface area contributed by atoms with E-state index in [2.05, 4.69) is 26.6 Å². The number of imide groups is 1. The molecule has 0 radical (unpaired) electrons. The summed E-state index contributed by atoms with van der Waals surface area (Å²) in [5.41, 5.74) is 0.824. The van der Waals surface area contributed by atoms with Gasteiger partial charge in [-0.05, 0) is 36.3 Å². The van der Waals surface area contributed by atoms with Crippen molar-refractivity contribution in [1.29, 1.82) is 0 Å². The molecule has 0 unspecified atom stereocenters. The lowest BCUT2D eigenvalue weighted by molar-refractivity contribution is -0.197. The van der Waals surface area contributed by atoms with Gasteiger partial charge in [-0.2, -0.15) is 11.8 Å². The molecule has 1 aromatic carbocycles. The lowest BCUT2D eigenvalue weighted by Crippen LogP contribution is -2.57. The summed E-state index contributed by atoms with van der Waals surface area (Å²) in [6, 6.07) is 6.52. The summed E-state index contributed by atoms with van der Waals surface area (Å²) in [6.45, 7) is 4.92. The van der Waals surface area contributed by atoms with Crippen LogP contribution in [0.2, 0.25) is 0 Å². The highest BCUT2D eigenvalue weighted by Gasteiger charge is 2.33. The van der Waals surface area contributed by atoms with E-state index >= 15 is 0 Å². The highest BCUT2D eigenvalue weighted by atomic mass is 32.2. The standard InChI is InChI=1S/C35H52N6O11S/c1-24(2)21-27(39-34(48)26(38-23-42)13-20-53-3)35(49)40-28(22-25-7-5-4-6-8-25)33(47)37-15-17-51-19-18-50-16-14-36-29(43)9-12-32(46)52-41-30(44)10-11-31(41)45/h4-8,23-24,26-28H,9-22H2,1-3H3,(H,36,43)(H,37,47)(H,38,42)(H,39,48)(H,40,49)/t26-,27-,28-/m0/s1. The molecule has 53 heavy (non-hydrogen) atoms. The van der Waals surface area contributed by atoms with E-state index in [1.54, 1.807) is 0 Å². The molecule has 0 aliphatic carbocycles. The number of benzene rings is 1. The van der Waals surface area contributed by atoms with Crippen LogP contribution in [-0.4, -0.2) is 123 Å². The molecule has 1 fully saturated rings. The Morgan fingerprint density at radius 1 is 0.811 bits per heavy atom. The van der Waals surface area contributed by atoms with Crippen molar-refractivity contribution in [2.75, 3.05) is 51.5 Å². The Balaban J connectivity index is 1.74. The Labute approximate surface area is 313 Å². The minimum atomic E-state index is -0.945. The van der Waals surface area contributed by atoms with Crippen LogP contribution < -0.4 is 26.6 Å². The zero-order valence-electron chi connectivity index (χ0n) is 30.5. The average molecular weight is 765 g/mol. The van der Waals surface area contributed by atoms with E-state index in [1.165, 1.54) is 11.8 Å². The smallest absolute Gasteiger partial charge is 0.333 e. The van der Waals surface area contributed by atoms with Gasteiger partial charge in [-0.3, -0.25) is 33.6 Å². The lowest BCUT2D eigenvalue weighted by Gasteiger charge is -2.26. The Hall–Kier alpha value is -4.55. The second-order valence-corrected chi connectivity index (χ2v) is 13.5. The van der Waals surface area contributed by atoms with E-state index in [9.17, 15) is 38.4 Å². The minimum absolute atomic E-state index is 0.0156. The van der Waals surface area contributed by atoms with Crippen molar-refractivity contribution in [2.24, 2.45) is 5.92 Å². The van der Waals surface area contributed by atoms with Crippen LogP contribution in [0, 0.1) is 5.92 Å². The molecule has 0 spiro atoms. The van der Waals surface area contributed by atoms with Gasteiger partial charge in [0.25, 0.3) is 11.8 Å². The van der Waals surface area contributed by atoms with Gasteiger partial charge in [0.05, 0.1) is 32.8 Å². The molecule has 7 amide bonds. The van der Waals surface area contributed by atoms with E-state index in [0.717, 1.165) is 5.56 Å². The predicted octanol–water partition coefficient (Wildman–Crippen LogP) is -0.234. The number of amides is 7. The zero-order valence-corrected chi connectivity index (χ0v) is 31.3. The van der Waals surface area contributed by atoms with Crippen LogP contribution >= 0.6 is 11.8 Å². The molecule has 2 rings (SSSR count). The monoisotopic (exact) mass is 764 g/mol. The van der Waals surface area contributed by atoms with E-state index in [1.807, 2.05) is 50.4 Å². The lowest BCUT2D eigenvalue weighted by atomic mass is 10.0. The van der Waals surface area contributed by atoms with E-state index in [4.69, 9.17) is 14.3 Å². The van der Waals surface area contributed by atoms with Crippen LogP contribution in [0.3, 0.4) is 0 Å². The molecule has 17 nitrogen and oxygen atoms in total. The van der Waals surface area contributed by atoms with Crippen LogP contribution in [0.1, 0.15) is 57.9 Å². The molecular weight excluding hydrogens is 712 g/mol. The number of hydrogen-bond acceptors (Lipinski definition) is 12. The molecule has 1 saturated heterocycles. The van der Waals surface area contributed by atoms with Crippen LogP contribution in [0.5, 0.6) is 0 Å². The first-order valence-corrected chi connectivity index (χ1v) is 18.9. The van der Waals surface area contributed by atoms with Crippen LogP contribution in [0.15, 0.2) is 30.3 Å². The molecule has 5 N–H and O–H groups in total. The normalized spacial score (nSPS) is 14.2. The molecule has 0 aromatic heterocycles. The van der Waals surface area contributed by atoms with Gasteiger partial charge < -0.3 is 40.9 Å². The van der Waals surface area contributed by atoms with Gasteiger partial charge in [0.1, 0.15) is 18.1 Å². The highest BCUT2D eigenvalue weighted by Crippen LogP contribution is 2.13. The first-order valence-electron chi connectivity index (χ1n) is 17.5. The molecule has 0 saturated carbocycles. The molecule has 3 atom stereocenters. The molecule has 18 heteroatoms. The fourth-order valence-electron chi connectivity index (χ4n) is 4.98. The molecule has 1 aliphatic rings. The van der Waals surface area contributed by atoms with Crippen LogP contribution in [-0.2, 0) is 59.1 Å². The highest BCUT2D eigenvalue weighted by molar-refractivity contribution is 7.98. The van der Waals surface area contributed by atoms with Crippen molar-refractivity contribution in [3.8, 4) is 0 Å². The second kappa shape index (κ2) is 25.4. The number of rotatable bonds is 27. The minimum Gasteiger partial charge on any atom is -0.377 e. The Morgan fingerprint density at radius 3 is 2.02 bits per heavy atom. The number of nitrogens with one attached hydrogen (secondary N) is 5. The number of hydrogen-bond donors (Lipinski definition) is 5. The van der Waals surface area contributed by atoms with Gasteiger partial charge in [0, 0.05) is 38.8 Å². The van der Waals surface area contributed by atoms with Gasteiger partial charge in [-0.1, -0.05) is 44.2 Å². The average Bonchev–Trinajstić information content (AvgIpc) is 3.44. The van der Waals surface area contributed by atoms with Crippen molar-refractivity contribution >= 4 is 59.6 Å². The van der Waals surface area contributed by atoms with Crippen molar-refractivity contribution < 1.29 is 52.7 Å². The third-order valence-electron chi connectivity index (χ3n) is 7.69. The summed E-state index contributed by atoms with van der Waals surface area (Å²) < 4.78 is 10.9. The Kier molecular flexibility index (Phi) is 21.4. The fraction of sp³-hybridized carbons (Fsp3) is 0.600. The summed E-state index contributed by atoms with van der Waals surface area (Å²) in [5, 5.41) is 13.9. The number of carbonyl (C=O) groups is 8. The van der Waals surface area contributed by atoms with Crippen LogP contribution in [0.25, 0.3) is 0 Å². The first-order chi connectivity index (χ1) is 25.4.